The summed E-state index contributed by atoms with van der Waals surface area (Å²) >= 11 is 0. The Morgan fingerprint density at radius 3 is 2.58 bits per heavy atom. The van der Waals surface area contributed by atoms with E-state index in [4.69, 9.17) is 0 Å². The zero-order valence-corrected chi connectivity index (χ0v) is 11.6. The molecule has 1 unspecified atom stereocenters. The third-order valence-corrected chi connectivity index (χ3v) is 4.79. The molecule has 0 amide bonds. The number of nitrogens with one attached hydrogen (secondary N) is 1. The van der Waals surface area contributed by atoms with E-state index in [-0.39, 0.29) is 5.66 Å². The Balaban J connectivity index is 1.72. The van der Waals surface area contributed by atoms with Crippen LogP contribution in [-0.2, 0) is 6.54 Å². The molecule has 2 nitrogen and oxygen atoms in total. The van der Waals surface area contributed by atoms with Gasteiger partial charge in [0.15, 0.2) is 0 Å². The molecular weight excluding hydrogens is 232 g/mol. The topological polar surface area (TPSA) is 15.3 Å². The van der Waals surface area contributed by atoms with E-state index >= 15 is 0 Å². The molecule has 3 heterocycles. The first kappa shape index (κ1) is 12.9. The van der Waals surface area contributed by atoms with Crippen LogP contribution in [0.15, 0.2) is 43.0 Å². The van der Waals surface area contributed by atoms with Gasteiger partial charge >= 0.3 is 0 Å². The first-order valence-electron chi connectivity index (χ1n) is 7.47. The van der Waals surface area contributed by atoms with Crippen LogP contribution in [0.3, 0.4) is 0 Å². The summed E-state index contributed by atoms with van der Waals surface area (Å²) in [5, 5.41) is 3.84. The number of benzene rings is 1. The minimum Gasteiger partial charge on any atom is -0.295 e. The van der Waals surface area contributed by atoms with Gasteiger partial charge in [0, 0.05) is 19.6 Å². The van der Waals surface area contributed by atoms with Crippen molar-refractivity contribution < 1.29 is 0 Å². The highest BCUT2D eigenvalue weighted by molar-refractivity contribution is 5.15. The molecule has 0 aromatic heterocycles. The van der Waals surface area contributed by atoms with Gasteiger partial charge in [0.25, 0.3) is 0 Å². The Labute approximate surface area is 116 Å². The van der Waals surface area contributed by atoms with E-state index in [0.717, 1.165) is 18.9 Å². The monoisotopic (exact) mass is 256 g/mol. The molecule has 1 aromatic carbocycles. The number of piperidine rings is 3. The van der Waals surface area contributed by atoms with Crippen molar-refractivity contribution in [1.82, 2.24) is 10.2 Å². The normalized spacial score (nSPS) is 33.3. The van der Waals surface area contributed by atoms with Crippen molar-refractivity contribution in [1.29, 1.82) is 0 Å². The molecule has 1 N–H and O–H groups in total. The van der Waals surface area contributed by atoms with Gasteiger partial charge in [0.2, 0.25) is 0 Å². The molecular formula is C17H24N2. The maximum absolute atomic E-state index is 3.97. The standard InChI is InChI=1S/C17H24N2/c1-2-10-17(13-15-8-11-19(17)12-9-15)18-14-16-6-4-3-5-7-16/h2-7,15,18H,1,8-14H2. The third-order valence-electron chi connectivity index (χ3n) is 4.79. The lowest BCUT2D eigenvalue weighted by molar-refractivity contribution is -0.0510. The molecule has 0 aliphatic carbocycles. The molecule has 0 spiro atoms. The van der Waals surface area contributed by atoms with E-state index in [1.165, 1.54) is 37.9 Å². The zero-order chi connectivity index (χ0) is 13.1. The van der Waals surface area contributed by atoms with Gasteiger partial charge in [-0.05, 0) is 37.2 Å². The molecule has 3 fully saturated rings. The van der Waals surface area contributed by atoms with E-state index in [1.54, 1.807) is 0 Å². The highest BCUT2D eigenvalue weighted by Crippen LogP contribution is 2.39. The number of rotatable bonds is 5. The fourth-order valence-electron chi connectivity index (χ4n) is 3.74. The van der Waals surface area contributed by atoms with Crippen LogP contribution in [0.25, 0.3) is 0 Å². The number of fused-ring (bicyclic) bond motifs is 3. The van der Waals surface area contributed by atoms with Gasteiger partial charge in [-0.25, -0.2) is 0 Å². The average Bonchev–Trinajstić information content (AvgIpc) is 2.48. The van der Waals surface area contributed by atoms with Gasteiger partial charge in [-0.15, -0.1) is 6.58 Å². The molecule has 0 saturated carbocycles. The Hall–Kier alpha value is -1.12. The lowest BCUT2D eigenvalue weighted by Crippen LogP contribution is -2.65. The molecule has 0 radical (unpaired) electrons. The van der Waals surface area contributed by atoms with E-state index < -0.39 is 0 Å². The highest BCUT2D eigenvalue weighted by Gasteiger charge is 2.44. The van der Waals surface area contributed by atoms with Crippen molar-refractivity contribution in [2.45, 2.75) is 37.9 Å². The van der Waals surface area contributed by atoms with Crippen LogP contribution in [0.5, 0.6) is 0 Å². The Morgan fingerprint density at radius 1 is 1.26 bits per heavy atom. The Morgan fingerprint density at radius 2 is 2.00 bits per heavy atom. The molecule has 3 aliphatic rings. The van der Waals surface area contributed by atoms with Crippen LogP contribution in [0, 0.1) is 5.92 Å². The fourth-order valence-corrected chi connectivity index (χ4v) is 3.74. The van der Waals surface area contributed by atoms with Gasteiger partial charge < -0.3 is 0 Å². The van der Waals surface area contributed by atoms with Crippen molar-refractivity contribution in [2.75, 3.05) is 13.1 Å². The lowest BCUT2D eigenvalue weighted by Gasteiger charge is -2.54. The molecule has 2 heteroatoms. The van der Waals surface area contributed by atoms with E-state index in [2.05, 4.69) is 53.2 Å². The summed E-state index contributed by atoms with van der Waals surface area (Å²) in [4.78, 5) is 2.65. The van der Waals surface area contributed by atoms with Gasteiger partial charge in [0.05, 0.1) is 5.66 Å². The Bertz CT molecular complexity index is 420. The summed E-state index contributed by atoms with van der Waals surface area (Å²) in [7, 11) is 0. The lowest BCUT2D eigenvalue weighted by atomic mass is 9.77. The predicted octanol–water partition coefficient (Wildman–Crippen LogP) is 3.16. The van der Waals surface area contributed by atoms with Crippen molar-refractivity contribution in [3.05, 3.63) is 48.6 Å². The molecule has 3 saturated heterocycles. The summed E-state index contributed by atoms with van der Waals surface area (Å²) in [6.07, 6.45) is 7.18. The molecule has 4 rings (SSSR count). The van der Waals surface area contributed by atoms with Crippen LogP contribution < -0.4 is 5.32 Å². The zero-order valence-electron chi connectivity index (χ0n) is 11.6. The quantitative estimate of drug-likeness (QED) is 0.814. The van der Waals surface area contributed by atoms with E-state index in [1.807, 2.05) is 0 Å². The first-order chi connectivity index (χ1) is 9.32. The number of hydrogen-bond acceptors (Lipinski definition) is 2. The molecule has 102 valence electrons. The summed E-state index contributed by atoms with van der Waals surface area (Å²) in [5.74, 6) is 0.910. The van der Waals surface area contributed by atoms with E-state index in [9.17, 15) is 0 Å². The van der Waals surface area contributed by atoms with Crippen LogP contribution in [0.1, 0.15) is 31.2 Å². The van der Waals surface area contributed by atoms with Crippen LogP contribution in [0.2, 0.25) is 0 Å². The SMILES string of the molecule is C=CCC1(NCc2ccccc2)CC2CCN1CC2. The van der Waals surface area contributed by atoms with Crippen LogP contribution >= 0.6 is 0 Å². The maximum Gasteiger partial charge on any atom is 0.0752 e. The molecule has 1 aromatic rings. The van der Waals surface area contributed by atoms with Gasteiger partial charge in [-0.3, -0.25) is 10.2 Å². The molecule has 3 aliphatic heterocycles. The van der Waals surface area contributed by atoms with Crippen molar-refractivity contribution in [2.24, 2.45) is 5.92 Å². The van der Waals surface area contributed by atoms with Crippen LogP contribution in [0.4, 0.5) is 0 Å². The minimum atomic E-state index is 0.165. The number of nitrogens with zero attached hydrogens (tertiary/aromatic N) is 1. The van der Waals surface area contributed by atoms with Crippen molar-refractivity contribution in [3.8, 4) is 0 Å². The van der Waals surface area contributed by atoms with Crippen LogP contribution in [-0.4, -0.2) is 23.7 Å². The summed E-state index contributed by atoms with van der Waals surface area (Å²) in [5.41, 5.74) is 1.53. The third kappa shape index (κ3) is 2.60. The fraction of sp³-hybridized carbons (Fsp3) is 0.529. The Kier molecular flexibility index (Phi) is 3.72. The first-order valence-corrected chi connectivity index (χ1v) is 7.47. The molecule has 1 atom stereocenters. The highest BCUT2D eigenvalue weighted by atomic mass is 15.3. The predicted molar refractivity (Wildman–Crippen MR) is 79.7 cm³/mol. The summed E-state index contributed by atoms with van der Waals surface area (Å²) < 4.78 is 0. The largest absolute Gasteiger partial charge is 0.295 e. The number of hydrogen-bond donors (Lipinski definition) is 1. The van der Waals surface area contributed by atoms with Gasteiger partial charge in [0.1, 0.15) is 0 Å². The van der Waals surface area contributed by atoms with Gasteiger partial charge in [-0.2, -0.15) is 0 Å². The second-order valence-electron chi connectivity index (χ2n) is 6.00. The molecule has 19 heavy (non-hydrogen) atoms. The second kappa shape index (κ2) is 5.48. The van der Waals surface area contributed by atoms with Gasteiger partial charge in [-0.1, -0.05) is 36.4 Å². The van der Waals surface area contributed by atoms with E-state index in [0.29, 0.717) is 0 Å². The summed E-state index contributed by atoms with van der Waals surface area (Å²) in [6, 6.07) is 10.7. The minimum absolute atomic E-state index is 0.165. The smallest absolute Gasteiger partial charge is 0.0752 e. The summed E-state index contributed by atoms with van der Waals surface area (Å²) in [6.45, 7) is 7.43. The maximum atomic E-state index is 3.97. The molecule has 2 bridgehead atoms. The second-order valence-corrected chi connectivity index (χ2v) is 6.00. The van der Waals surface area contributed by atoms with Crippen molar-refractivity contribution in [3.63, 3.8) is 0 Å². The van der Waals surface area contributed by atoms with Crippen molar-refractivity contribution >= 4 is 0 Å². The average molecular weight is 256 g/mol.